The second-order valence-corrected chi connectivity index (χ2v) is 7.03. The van der Waals surface area contributed by atoms with E-state index >= 15 is 0 Å². The van der Waals surface area contributed by atoms with E-state index in [2.05, 4.69) is 18.0 Å². The Labute approximate surface area is 136 Å². The molecule has 23 heavy (non-hydrogen) atoms. The molecule has 5 nitrogen and oxygen atoms in total. The number of hydrogen-bond acceptors (Lipinski definition) is 5. The fourth-order valence-corrected chi connectivity index (χ4v) is 4.68. The van der Waals surface area contributed by atoms with E-state index in [1.807, 2.05) is 6.07 Å². The van der Waals surface area contributed by atoms with E-state index < -0.39 is 5.60 Å². The van der Waals surface area contributed by atoms with Crippen molar-refractivity contribution < 1.29 is 19.4 Å². The highest BCUT2D eigenvalue weighted by Crippen LogP contribution is 2.53. The molecule has 1 N–H and O–H groups in total. The molecule has 4 bridgehead atoms. The number of aliphatic hydroxyl groups is 1. The molecule has 1 fully saturated rings. The number of ether oxygens (including phenoxy) is 2. The van der Waals surface area contributed by atoms with Gasteiger partial charge in [-0.15, -0.1) is 0 Å². The van der Waals surface area contributed by atoms with E-state index in [0.717, 1.165) is 24.9 Å². The van der Waals surface area contributed by atoms with Crippen molar-refractivity contribution in [2.24, 2.45) is 0 Å². The van der Waals surface area contributed by atoms with Gasteiger partial charge in [0.25, 0.3) is 0 Å². The van der Waals surface area contributed by atoms with Crippen LogP contribution >= 0.6 is 0 Å². The quantitative estimate of drug-likeness (QED) is 0.851. The average Bonchev–Trinajstić information content (AvgIpc) is 2.58. The Kier molecular flexibility index (Phi) is 3.39. The zero-order valence-electron chi connectivity index (χ0n) is 13.7. The third-order valence-electron chi connectivity index (χ3n) is 5.90. The molecule has 4 rings (SSSR count). The van der Waals surface area contributed by atoms with Gasteiger partial charge in [-0.2, -0.15) is 0 Å². The topological polar surface area (TPSA) is 59.0 Å². The second-order valence-electron chi connectivity index (χ2n) is 7.03. The standard InChI is InChI=1S/C18H23NO4/c1-19-8-6-13-16-11-3-4-14(22-2)17(16)23-10-12(20)5-7-18(13,21)15(19)9-11/h3-4,13,15,21H,5-10H2,1-2H3. The lowest BCUT2D eigenvalue weighted by molar-refractivity contribution is -0.126. The largest absolute Gasteiger partial charge is 0.493 e. The lowest BCUT2D eigenvalue weighted by Crippen LogP contribution is -2.62. The highest BCUT2D eigenvalue weighted by Gasteiger charge is 2.54. The van der Waals surface area contributed by atoms with Gasteiger partial charge in [-0.25, -0.2) is 0 Å². The molecule has 1 aromatic carbocycles. The van der Waals surface area contributed by atoms with Crippen molar-refractivity contribution in [3.05, 3.63) is 23.3 Å². The van der Waals surface area contributed by atoms with Crippen LogP contribution in [0.4, 0.5) is 0 Å². The van der Waals surface area contributed by atoms with Crippen LogP contribution in [0.25, 0.3) is 0 Å². The number of ketones is 1. The number of Topliss-reactive ketones (excluding diaryl/α,β-unsaturated/α-hetero) is 1. The normalized spacial score (nSPS) is 33.3. The van der Waals surface area contributed by atoms with Gasteiger partial charge in [0.05, 0.1) is 12.7 Å². The van der Waals surface area contributed by atoms with Crippen molar-refractivity contribution in [3.63, 3.8) is 0 Å². The molecule has 1 saturated heterocycles. The molecule has 3 unspecified atom stereocenters. The summed E-state index contributed by atoms with van der Waals surface area (Å²) >= 11 is 0. The number of piperidine rings is 1. The highest BCUT2D eigenvalue weighted by atomic mass is 16.5. The molecule has 0 radical (unpaired) electrons. The van der Waals surface area contributed by atoms with Crippen LogP contribution in [0.2, 0.25) is 0 Å². The number of likely N-dealkylation sites (tertiary alicyclic amines) is 1. The highest BCUT2D eigenvalue weighted by molar-refractivity contribution is 5.80. The molecule has 3 atom stereocenters. The number of nitrogens with zero attached hydrogens (tertiary/aromatic N) is 1. The molecule has 5 heteroatoms. The maximum absolute atomic E-state index is 12.1. The smallest absolute Gasteiger partial charge is 0.170 e. The third kappa shape index (κ3) is 2.10. The number of carbonyl (C=O) groups is 1. The molecule has 0 saturated carbocycles. The number of likely N-dealkylation sites (N-methyl/N-ethyl adjacent to an activating group) is 1. The summed E-state index contributed by atoms with van der Waals surface area (Å²) < 4.78 is 11.3. The molecule has 0 aromatic heterocycles. The van der Waals surface area contributed by atoms with Gasteiger partial charge in [0, 0.05) is 23.9 Å². The monoisotopic (exact) mass is 317 g/mol. The number of carbonyl (C=O) groups excluding carboxylic acids is 1. The van der Waals surface area contributed by atoms with Crippen molar-refractivity contribution >= 4 is 5.78 Å². The van der Waals surface area contributed by atoms with E-state index in [-0.39, 0.29) is 24.3 Å². The zero-order valence-corrected chi connectivity index (χ0v) is 13.7. The molecular formula is C18H23NO4. The Morgan fingerprint density at radius 2 is 2.26 bits per heavy atom. The predicted molar refractivity (Wildman–Crippen MR) is 85.2 cm³/mol. The Morgan fingerprint density at radius 1 is 1.43 bits per heavy atom. The summed E-state index contributed by atoms with van der Waals surface area (Å²) in [5.74, 6) is 1.35. The van der Waals surface area contributed by atoms with Gasteiger partial charge >= 0.3 is 0 Å². The summed E-state index contributed by atoms with van der Waals surface area (Å²) in [5.41, 5.74) is 1.40. The zero-order chi connectivity index (χ0) is 16.2. The Balaban J connectivity index is 1.95. The van der Waals surface area contributed by atoms with Gasteiger partial charge in [-0.3, -0.25) is 4.79 Å². The van der Waals surface area contributed by atoms with Gasteiger partial charge in [0.15, 0.2) is 17.3 Å². The van der Waals surface area contributed by atoms with Crippen molar-refractivity contribution in [1.29, 1.82) is 0 Å². The summed E-state index contributed by atoms with van der Waals surface area (Å²) in [6.45, 7) is 0.998. The van der Waals surface area contributed by atoms with Crippen LogP contribution in [0.1, 0.15) is 36.3 Å². The molecule has 1 aromatic rings. The fraction of sp³-hybridized carbons (Fsp3) is 0.611. The molecule has 2 heterocycles. The van der Waals surface area contributed by atoms with Crippen LogP contribution in [0.15, 0.2) is 12.1 Å². The van der Waals surface area contributed by atoms with Gasteiger partial charge in [-0.05, 0) is 44.5 Å². The number of methoxy groups -OCH3 is 1. The number of hydrogen-bond donors (Lipinski definition) is 1. The SMILES string of the molecule is COc1ccc2c3c1OCC(=O)CCC1(O)C3CCN(C)C1C2. The molecule has 0 amide bonds. The van der Waals surface area contributed by atoms with E-state index in [1.54, 1.807) is 7.11 Å². The third-order valence-corrected chi connectivity index (χ3v) is 5.90. The fourth-order valence-electron chi connectivity index (χ4n) is 4.68. The summed E-state index contributed by atoms with van der Waals surface area (Å²) in [6.07, 6.45) is 2.52. The van der Waals surface area contributed by atoms with Crippen LogP contribution < -0.4 is 9.47 Å². The molecule has 3 aliphatic rings. The van der Waals surface area contributed by atoms with E-state index in [0.29, 0.717) is 24.3 Å². The maximum atomic E-state index is 12.1. The maximum Gasteiger partial charge on any atom is 0.170 e. The van der Waals surface area contributed by atoms with Crippen LogP contribution in [-0.4, -0.2) is 54.7 Å². The van der Waals surface area contributed by atoms with Gasteiger partial charge in [-0.1, -0.05) is 6.07 Å². The van der Waals surface area contributed by atoms with Crippen LogP contribution in [0.3, 0.4) is 0 Å². The van der Waals surface area contributed by atoms with E-state index in [1.165, 1.54) is 5.56 Å². The minimum atomic E-state index is -0.871. The van der Waals surface area contributed by atoms with Crippen molar-refractivity contribution in [3.8, 4) is 11.5 Å². The summed E-state index contributed by atoms with van der Waals surface area (Å²) in [6, 6.07) is 4.05. The lowest BCUT2D eigenvalue weighted by Gasteiger charge is -2.54. The molecule has 1 aliphatic carbocycles. The van der Waals surface area contributed by atoms with Crippen LogP contribution in [-0.2, 0) is 11.2 Å². The summed E-state index contributed by atoms with van der Waals surface area (Å²) in [5, 5.41) is 11.5. The van der Waals surface area contributed by atoms with Gasteiger partial charge in [0.2, 0.25) is 0 Å². The Hall–Kier alpha value is -1.59. The Bertz CT molecular complexity index is 659. The lowest BCUT2D eigenvalue weighted by atomic mass is 9.63. The molecule has 124 valence electrons. The first-order chi connectivity index (χ1) is 11.0. The Morgan fingerprint density at radius 3 is 3.04 bits per heavy atom. The number of benzene rings is 1. The van der Waals surface area contributed by atoms with E-state index in [9.17, 15) is 9.90 Å². The number of rotatable bonds is 1. The summed E-state index contributed by atoms with van der Waals surface area (Å²) in [4.78, 5) is 14.4. The van der Waals surface area contributed by atoms with Crippen molar-refractivity contribution in [1.82, 2.24) is 4.90 Å². The first kappa shape index (κ1) is 15.0. The molecular weight excluding hydrogens is 294 g/mol. The van der Waals surface area contributed by atoms with E-state index in [4.69, 9.17) is 9.47 Å². The average molecular weight is 317 g/mol. The summed E-state index contributed by atoms with van der Waals surface area (Å²) in [7, 11) is 3.68. The van der Waals surface area contributed by atoms with Gasteiger partial charge < -0.3 is 19.5 Å². The predicted octanol–water partition coefficient (Wildman–Crippen LogP) is 1.51. The van der Waals surface area contributed by atoms with Crippen molar-refractivity contribution in [2.45, 2.75) is 43.2 Å². The minimum absolute atomic E-state index is 0.00319. The van der Waals surface area contributed by atoms with Crippen LogP contribution in [0.5, 0.6) is 11.5 Å². The van der Waals surface area contributed by atoms with Gasteiger partial charge in [0.1, 0.15) is 6.61 Å². The molecule has 0 spiro atoms. The first-order valence-corrected chi connectivity index (χ1v) is 8.31. The first-order valence-electron chi connectivity index (χ1n) is 8.31. The van der Waals surface area contributed by atoms with Crippen molar-refractivity contribution in [2.75, 3.05) is 27.3 Å². The second kappa shape index (κ2) is 5.21. The minimum Gasteiger partial charge on any atom is -0.493 e. The van der Waals surface area contributed by atoms with Crippen LogP contribution in [0, 0.1) is 0 Å². The molecule has 2 aliphatic heterocycles.